The quantitative estimate of drug-likeness (QED) is 0.529. The van der Waals surface area contributed by atoms with Crippen molar-refractivity contribution in [2.75, 3.05) is 51.3 Å². The zero-order chi connectivity index (χ0) is 21.0. The summed E-state index contributed by atoms with van der Waals surface area (Å²) in [4.78, 5) is 53.6. The highest BCUT2D eigenvalue weighted by Gasteiger charge is 2.38. The van der Waals surface area contributed by atoms with Gasteiger partial charge in [-0.25, -0.2) is 4.79 Å². The number of carbonyl (C=O) groups is 4. The molecule has 29 heavy (non-hydrogen) atoms. The Morgan fingerprint density at radius 2 is 1.79 bits per heavy atom. The molecule has 2 saturated heterocycles. The molecular weight excluding hydrogens is 378 g/mol. The fourth-order valence-corrected chi connectivity index (χ4v) is 3.61. The van der Waals surface area contributed by atoms with Gasteiger partial charge in [0.05, 0.1) is 19.6 Å². The van der Waals surface area contributed by atoms with Gasteiger partial charge in [0.15, 0.2) is 0 Å². The smallest absolute Gasteiger partial charge is 0.397 e. The molecule has 2 aliphatic heterocycles. The van der Waals surface area contributed by atoms with Crippen molar-refractivity contribution in [1.29, 1.82) is 0 Å². The summed E-state index contributed by atoms with van der Waals surface area (Å²) in [6.45, 7) is 3.28. The Balaban J connectivity index is 1.57. The average Bonchev–Trinajstić information content (AvgIpc) is 3.14. The molecule has 0 aliphatic carbocycles. The molecule has 3 rings (SSSR count). The summed E-state index contributed by atoms with van der Waals surface area (Å²) in [5.41, 5.74) is 0.703. The van der Waals surface area contributed by atoms with Gasteiger partial charge in [0, 0.05) is 50.9 Å². The van der Waals surface area contributed by atoms with E-state index in [0.717, 1.165) is 0 Å². The molecule has 2 heterocycles. The van der Waals surface area contributed by atoms with Gasteiger partial charge < -0.3 is 24.2 Å². The molecule has 2 fully saturated rings. The normalized spacial score (nSPS) is 19.3. The third kappa shape index (κ3) is 4.49. The molecule has 1 atom stereocenters. The van der Waals surface area contributed by atoms with Crippen molar-refractivity contribution in [1.82, 2.24) is 9.80 Å². The standard InChI is InChI=1S/C20H25N3O6/c1-3-29-20(27)19(26)22-9-7-21(8-10-22)18(25)14-11-17(24)23(13-14)15-5-4-6-16(12-15)28-2/h4-6,12,14H,3,7-11,13H2,1-2H3/t14-/m1/s1. The number of carbonyl (C=O) groups excluding carboxylic acids is 4. The second kappa shape index (κ2) is 8.93. The molecule has 0 N–H and O–H groups in total. The first kappa shape index (κ1) is 20.6. The number of amides is 3. The van der Waals surface area contributed by atoms with E-state index in [9.17, 15) is 19.2 Å². The summed E-state index contributed by atoms with van der Waals surface area (Å²) in [5, 5.41) is 0. The fourth-order valence-electron chi connectivity index (χ4n) is 3.61. The van der Waals surface area contributed by atoms with Gasteiger partial charge in [-0.1, -0.05) is 6.07 Å². The molecule has 0 aromatic heterocycles. The van der Waals surface area contributed by atoms with Gasteiger partial charge in [0.25, 0.3) is 0 Å². The van der Waals surface area contributed by atoms with Crippen LogP contribution in [0.1, 0.15) is 13.3 Å². The molecule has 0 unspecified atom stereocenters. The largest absolute Gasteiger partial charge is 0.497 e. The third-order valence-electron chi connectivity index (χ3n) is 5.17. The van der Waals surface area contributed by atoms with Crippen LogP contribution in [0.2, 0.25) is 0 Å². The molecule has 0 radical (unpaired) electrons. The van der Waals surface area contributed by atoms with Crippen LogP contribution in [0.25, 0.3) is 0 Å². The van der Waals surface area contributed by atoms with Gasteiger partial charge in [-0.05, 0) is 19.1 Å². The van der Waals surface area contributed by atoms with Gasteiger partial charge in [-0.2, -0.15) is 0 Å². The minimum atomic E-state index is -0.873. The maximum atomic E-state index is 12.9. The number of rotatable bonds is 4. The Kier molecular flexibility index (Phi) is 6.36. The maximum Gasteiger partial charge on any atom is 0.397 e. The molecule has 3 amide bonds. The fraction of sp³-hybridized carbons (Fsp3) is 0.500. The van der Waals surface area contributed by atoms with Crippen molar-refractivity contribution in [2.24, 2.45) is 5.92 Å². The van der Waals surface area contributed by atoms with Crippen LogP contribution in [-0.4, -0.2) is 79.9 Å². The number of hydrogen-bond acceptors (Lipinski definition) is 6. The van der Waals surface area contributed by atoms with Crippen LogP contribution >= 0.6 is 0 Å². The number of anilines is 1. The number of ether oxygens (including phenoxy) is 2. The Bertz CT molecular complexity index is 803. The zero-order valence-electron chi connectivity index (χ0n) is 16.6. The average molecular weight is 403 g/mol. The lowest BCUT2D eigenvalue weighted by molar-refractivity contribution is -0.161. The number of esters is 1. The SMILES string of the molecule is CCOC(=O)C(=O)N1CCN(C(=O)[C@@H]2CC(=O)N(c3cccc(OC)c3)C2)CC1. The van der Waals surface area contributed by atoms with Crippen molar-refractivity contribution >= 4 is 29.4 Å². The first-order valence-corrected chi connectivity index (χ1v) is 9.63. The zero-order valence-corrected chi connectivity index (χ0v) is 16.6. The summed E-state index contributed by atoms with van der Waals surface area (Å²) < 4.78 is 9.93. The van der Waals surface area contributed by atoms with Crippen LogP contribution in [0.3, 0.4) is 0 Å². The minimum absolute atomic E-state index is 0.104. The second-order valence-corrected chi connectivity index (χ2v) is 6.94. The molecule has 0 saturated carbocycles. The van der Waals surface area contributed by atoms with E-state index in [2.05, 4.69) is 0 Å². The maximum absolute atomic E-state index is 12.9. The number of methoxy groups -OCH3 is 1. The molecular formula is C20H25N3O6. The highest BCUT2D eigenvalue weighted by molar-refractivity contribution is 6.32. The Morgan fingerprint density at radius 3 is 2.45 bits per heavy atom. The Morgan fingerprint density at radius 1 is 1.10 bits per heavy atom. The van der Waals surface area contributed by atoms with Crippen molar-refractivity contribution < 1.29 is 28.7 Å². The third-order valence-corrected chi connectivity index (χ3v) is 5.17. The molecule has 9 nitrogen and oxygen atoms in total. The predicted octanol–water partition coefficient (Wildman–Crippen LogP) is 0.282. The van der Waals surface area contributed by atoms with Crippen LogP contribution < -0.4 is 9.64 Å². The van der Waals surface area contributed by atoms with Gasteiger partial charge in [0.1, 0.15) is 5.75 Å². The molecule has 1 aromatic carbocycles. The monoisotopic (exact) mass is 403 g/mol. The lowest BCUT2D eigenvalue weighted by Crippen LogP contribution is -2.53. The van der Waals surface area contributed by atoms with E-state index in [4.69, 9.17) is 9.47 Å². The molecule has 2 aliphatic rings. The Labute approximate surface area is 169 Å². The van der Waals surface area contributed by atoms with E-state index in [1.54, 1.807) is 42.0 Å². The summed E-state index contributed by atoms with van der Waals surface area (Å²) >= 11 is 0. The van der Waals surface area contributed by atoms with Gasteiger partial charge in [-0.3, -0.25) is 14.4 Å². The van der Waals surface area contributed by atoms with E-state index in [-0.39, 0.29) is 37.9 Å². The van der Waals surface area contributed by atoms with Crippen LogP contribution in [-0.2, 0) is 23.9 Å². The van der Waals surface area contributed by atoms with Crippen molar-refractivity contribution in [2.45, 2.75) is 13.3 Å². The summed E-state index contributed by atoms with van der Waals surface area (Å²) in [6.07, 6.45) is 0.151. The molecule has 9 heteroatoms. The summed E-state index contributed by atoms with van der Waals surface area (Å²) in [6, 6.07) is 7.18. The summed E-state index contributed by atoms with van der Waals surface area (Å²) in [7, 11) is 1.56. The first-order chi connectivity index (χ1) is 13.9. The second-order valence-electron chi connectivity index (χ2n) is 6.94. The number of hydrogen-bond donors (Lipinski definition) is 0. The van der Waals surface area contributed by atoms with Crippen LogP contribution in [0.4, 0.5) is 5.69 Å². The van der Waals surface area contributed by atoms with Gasteiger partial charge in [-0.15, -0.1) is 0 Å². The van der Waals surface area contributed by atoms with Crippen molar-refractivity contribution in [3.8, 4) is 5.75 Å². The highest BCUT2D eigenvalue weighted by atomic mass is 16.5. The minimum Gasteiger partial charge on any atom is -0.497 e. The first-order valence-electron chi connectivity index (χ1n) is 9.63. The lowest BCUT2D eigenvalue weighted by atomic mass is 10.1. The van der Waals surface area contributed by atoms with Gasteiger partial charge >= 0.3 is 11.9 Å². The van der Waals surface area contributed by atoms with Crippen LogP contribution in [0.15, 0.2) is 24.3 Å². The van der Waals surface area contributed by atoms with E-state index in [1.165, 1.54) is 4.90 Å². The van der Waals surface area contributed by atoms with Crippen LogP contribution in [0, 0.1) is 5.92 Å². The predicted molar refractivity (Wildman–Crippen MR) is 103 cm³/mol. The van der Waals surface area contributed by atoms with Gasteiger partial charge in [0.2, 0.25) is 11.8 Å². The molecule has 0 spiro atoms. The number of piperazine rings is 1. The van der Waals surface area contributed by atoms with Crippen molar-refractivity contribution in [3.05, 3.63) is 24.3 Å². The molecule has 1 aromatic rings. The summed E-state index contributed by atoms with van der Waals surface area (Å²) in [5.74, 6) is -1.55. The molecule has 0 bridgehead atoms. The van der Waals surface area contributed by atoms with E-state index in [0.29, 0.717) is 31.1 Å². The van der Waals surface area contributed by atoms with Crippen molar-refractivity contribution in [3.63, 3.8) is 0 Å². The molecule has 156 valence electrons. The van der Waals surface area contributed by atoms with Crippen LogP contribution in [0.5, 0.6) is 5.75 Å². The van der Waals surface area contributed by atoms with E-state index in [1.807, 2.05) is 6.07 Å². The Hall–Kier alpha value is -3.10. The topological polar surface area (TPSA) is 96.5 Å². The number of benzene rings is 1. The number of nitrogens with zero attached hydrogens (tertiary/aromatic N) is 3. The van der Waals surface area contributed by atoms with E-state index < -0.39 is 17.8 Å². The lowest BCUT2D eigenvalue weighted by Gasteiger charge is -2.35. The highest BCUT2D eigenvalue weighted by Crippen LogP contribution is 2.29. The van der Waals surface area contributed by atoms with E-state index >= 15 is 0 Å².